The number of carbonyl (C=O) groups excluding carboxylic acids is 1. The Bertz CT molecular complexity index is 259. The lowest BCUT2D eigenvalue weighted by Gasteiger charge is -2.06. The average molecular weight is 170 g/mol. The van der Waals surface area contributed by atoms with Crippen LogP contribution in [-0.2, 0) is 9.59 Å². The van der Waals surface area contributed by atoms with E-state index in [9.17, 15) is 9.59 Å². The molecule has 1 heterocycles. The van der Waals surface area contributed by atoms with Crippen LogP contribution < -0.4 is 0 Å². The van der Waals surface area contributed by atoms with Crippen LogP contribution in [0.25, 0.3) is 0 Å². The number of amides is 1. The van der Waals surface area contributed by atoms with Gasteiger partial charge >= 0.3 is 5.97 Å². The van der Waals surface area contributed by atoms with Crippen molar-refractivity contribution in [3.8, 4) is 0 Å². The van der Waals surface area contributed by atoms with Crippen molar-refractivity contribution in [2.24, 2.45) is 11.0 Å². The molecule has 0 aromatic carbocycles. The largest absolute Gasteiger partial charge is 0.481 e. The van der Waals surface area contributed by atoms with Crippen LogP contribution in [-0.4, -0.2) is 34.8 Å². The van der Waals surface area contributed by atoms with Gasteiger partial charge in [-0.1, -0.05) is 0 Å². The number of hydrogen-bond acceptors (Lipinski definition) is 3. The predicted molar refractivity (Wildman–Crippen MR) is 41.6 cm³/mol. The Labute approximate surface area is 69.7 Å². The number of hydrazone groups is 1. The molecule has 0 radical (unpaired) electrons. The maximum Gasteiger partial charge on any atom is 0.304 e. The summed E-state index contributed by atoms with van der Waals surface area (Å²) in [6.07, 6.45) is -0.168. The van der Waals surface area contributed by atoms with Crippen molar-refractivity contribution in [3.05, 3.63) is 0 Å². The van der Waals surface area contributed by atoms with E-state index in [1.165, 1.54) is 12.1 Å². The first kappa shape index (κ1) is 8.70. The molecule has 0 bridgehead atoms. The Morgan fingerprint density at radius 2 is 2.33 bits per heavy atom. The summed E-state index contributed by atoms with van der Waals surface area (Å²) in [5.74, 6) is -1.78. The molecule has 66 valence electrons. The van der Waals surface area contributed by atoms with Crippen LogP contribution in [0.5, 0.6) is 0 Å². The summed E-state index contributed by atoms with van der Waals surface area (Å²) in [7, 11) is 1.52. The minimum atomic E-state index is -0.974. The first-order chi connectivity index (χ1) is 5.52. The smallest absolute Gasteiger partial charge is 0.304 e. The Balaban J connectivity index is 2.72. The second-order valence-electron chi connectivity index (χ2n) is 2.75. The molecule has 0 spiro atoms. The van der Waals surface area contributed by atoms with Gasteiger partial charge in [0.15, 0.2) is 0 Å². The van der Waals surface area contributed by atoms with Gasteiger partial charge in [0.25, 0.3) is 5.91 Å². The molecule has 12 heavy (non-hydrogen) atoms. The molecule has 5 nitrogen and oxygen atoms in total. The quantitative estimate of drug-likeness (QED) is 0.630. The Morgan fingerprint density at radius 3 is 2.67 bits per heavy atom. The molecule has 0 aliphatic carbocycles. The lowest BCUT2D eigenvalue weighted by atomic mass is 10.0. The van der Waals surface area contributed by atoms with Crippen LogP contribution in [0.3, 0.4) is 0 Å². The highest BCUT2D eigenvalue weighted by molar-refractivity contribution is 6.08. The zero-order valence-corrected chi connectivity index (χ0v) is 6.94. The van der Waals surface area contributed by atoms with Gasteiger partial charge in [0.2, 0.25) is 0 Å². The first-order valence-corrected chi connectivity index (χ1v) is 3.57. The standard InChI is InChI=1S/C7H10N2O3/c1-4-5(3-6(10)11)7(12)9(2)8-4/h5H,3H2,1-2H3,(H,10,11). The Hall–Kier alpha value is -1.39. The van der Waals surface area contributed by atoms with Crippen molar-refractivity contribution in [2.45, 2.75) is 13.3 Å². The number of hydrogen-bond donors (Lipinski definition) is 1. The van der Waals surface area contributed by atoms with Crippen molar-refractivity contribution in [1.82, 2.24) is 5.01 Å². The van der Waals surface area contributed by atoms with Gasteiger partial charge in [0, 0.05) is 12.8 Å². The molecule has 1 rings (SSSR count). The fourth-order valence-corrected chi connectivity index (χ4v) is 1.17. The maximum atomic E-state index is 11.2. The molecule has 1 atom stereocenters. The van der Waals surface area contributed by atoms with Gasteiger partial charge in [-0.2, -0.15) is 5.10 Å². The minimum absolute atomic E-state index is 0.168. The van der Waals surface area contributed by atoms with Crippen LogP contribution in [0.4, 0.5) is 0 Å². The van der Waals surface area contributed by atoms with Crippen molar-refractivity contribution in [3.63, 3.8) is 0 Å². The van der Waals surface area contributed by atoms with E-state index < -0.39 is 11.9 Å². The molecule has 1 aliphatic rings. The molecular weight excluding hydrogens is 160 g/mol. The molecule has 0 fully saturated rings. The Kier molecular flexibility index (Phi) is 2.12. The van der Waals surface area contributed by atoms with E-state index in [0.29, 0.717) is 5.71 Å². The van der Waals surface area contributed by atoms with Crippen LogP contribution in [0.15, 0.2) is 5.10 Å². The molecule has 0 aromatic rings. The van der Waals surface area contributed by atoms with Crippen LogP contribution >= 0.6 is 0 Å². The lowest BCUT2D eigenvalue weighted by Crippen LogP contribution is -2.26. The number of aliphatic carboxylic acids is 1. The topological polar surface area (TPSA) is 70.0 Å². The third-order valence-corrected chi connectivity index (χ3v) is 1.81. The lowest BCUT2D eigenvalue weighted by molar-refractivity contribution is -0.141. The molecule has 1 amide bonds. The van der Waals surface area contributed by atoms with Crippen LogP contribution in [0.2, 0.25) is 0 Å². The first-order valence-electron chi connectivity index (χ1n) is 3.57. The fourth-order valence-electron chi connectivity index (χ4n) is 1.17. The van der Waals surface area contributed by atoms with Crippen molar-refractivity contribution in [1.29, 1.82) is 0 Å². The van der Waals surface area contributed by atoms with Crippen molar-refractivity contribution < 1.29 is 14.7 Å². The minimum Gasteiger partial charge on any atom is -0.481 e. The molecule has 0 saturated carbocycles. The monoisotopic (exact) mass is 170 g/mol. The Morgan fingerprint density at radius 1 is 1.75 bits per heavy atom. The van der Waals surface area contributed by atoms with Gasteiger partial charge in [-0.3, -0.25) is 9.59 Å². The van der Waals surface area contributed by atoms with E-state index in [2.05, 4.69) is 5.10 Å². The van der Waals surface area contributed by atoms with E-state index >= 15 is 0 Å². The third-order valence-electron chi connectivity index (χ3n) is 1.81. The number of nitrogens with zero attached hydrogens (tertiary/aromatic N) is 2. The zero-order chi connectivity index (χ0) is 9.30. The van der Waals surface area contributed by atoms with Gasteiger partial charge in [-0.15, -0.1) is 0 Å². The van der Waals surface area contributed by atoms with Gasteiger partial charge in [0.1, 0.15) is 0 Å². The SMILES string of the molecule is CC1=NN(C)C(=O)C1CC(=O)O. The second-order valence-corrected chi connectivity index (χ2v) is 2.75. The van der Waals surface area contributed by atoms with E-state index in [0.717, 1.165) is 0 Å². The summed E-state index contributed by atoms with van der Waals surface area (Å²) < 4.78 is 0. The summed E-state index contributed by atoms with van der Waals surface area (Å²) in [6.45, 7) is 1.66. The van der Waals surface area contributed by atoms with E-state index in [-0.39, 0.29) is 12.3 Å². The number of carboxylic acid groups (broad SMARTS) is 1. The van der Waals surface area contributed by atoms with Gasteiger partial charge in [0.05, 0.1) is 12.3 Å². The second kappa shape index (κ2) is 2.92. The van der Waals surface area contributed by atoms with Gasteiger partial charge in [-0.05, 0) is 6.92 Å². The van der Waals surface area contributed by atoms with E-state index in [1.54, 1.807) is 6.92 Å². The van der Waals surface area contributed by atoms with Crippen LogP contribution in [0.1, 0.15) is 13.3 Å². The molecule has 1 unspecified atom stereocenters. The van der Waals surface area contributed by atoms with Gasteiger partial charge < -0.3 is 5.11 Å². The summed E-state index contributed by atoms with van der Waals surface area (Å²) in [5, 5.41) is 13.5. The predicted octanol–water partition coefficient (Wildman–Crippen LogP) is -0.0748. The van der Waals surface area contributed by atoms with Crippen molar-refractivity contribution >= 4 is 17.6 Å². The molecule has 1 aliphatic heterocycles. The number of carboxylic acids is 1. The highest BCUT2D eigenvalue weighted by atomic mass is 16.4. The molecule has 1 N–H and O–H groups in total. The third kappa shape index (κ3) is 1.44. The van der Waals surface area contributed by atoms with Crippen molar-refractivity contribution in [2.75, 3.05) is 7.05 Å². The number of carbonyl (C=O) groups is 2. The molecule has 5 heteroatoms. The summed E-state index contributed by atoms with van der Waals surface area (Å²) in [4.78, 5) is 21.5. The summed E-state index contributed by atoms with van der Waals surface area (Å²) in [6, 6.07) is 0. The molecular formula is C7H10N2O3. The fraction of sp³-hybridized carbons (Fsp3) is 0.571. The van der Waals surface area contributed by atoms with E-state index in [4.69, 9.17) is 5.11 Å². The highest BCUT2D eigenvalue weighted by Gasteiger charge is 2.32. The average Bonchev–Trinajstić information content (AvgIpc) is 2.16. The highest BCUT2D eigenvalue weighted by Crippen LogP contribution is 2.16. The zero-order valence-electron chi connectivity index (χ0n) is 6.94. The number of rotatable bonds is 2. The molecule has 0 aromatic heterocycles. The summed E-state index contributed by atoms with van der Waals surface area (Å²) in [5.41, 5.74) is 0.574. The summed E-state index contributed by atoms with van der Waals surface area (Å²) >= 11 is 0. The van der Waals surface area contributed by atoms with E-state index in [1.807, 2.05) is 0 Å². The normalized spacial score (nSPS) is 22.8. The maximum absolute atomic E-state index is 11.2. The van der Waals surface area contributed by atoms with Gasteiger partial charge in [-0.25, -0.2) is 5.01 Å². The van der Waals surface area contributed by atoms with Crippen LogP contribution in [0, 0.1) is 5.92 Å². The molecule has 0 saturated heterocycles.